The highest BCUT2D eigenvalue weighted by molar-refractivity contribution is 7.84. The fourth-order valence-corrected chi connectivity index (χ4v) is 3.33. The molecule has 3 rings (SSSR count). The van der Waals surface area contributed by atoms with Crippen molar-refractivity contribution in [2.45, 2.75) is 24.5 Å². The van der Waals surface area contributed by atoms with Gasteiger partial charge >= 0.3 is 0 Å². The summed E-state index contributed by atoms with van der Waals surface area (Å²) in [6.07, 6.45) is 3.23. The summed E-state index contributed by atoms with van der Waals surface area (Å²) in [5.41, 5.74) is 0.569. The molecule has 1 N–H and O–H groups in total. The van der Waals surface area contributed by atoms with Crippen molar-refractivity contribution in [3.05, 3.63) is 29.8 Å². The Balaban J connectivity index is 1.91. The molecule has 0 radical (unpaired) electrons. The average molecular weight is 308 g/mol. The van der Waals surface area contributed by atoms with Crippen LogP contribution < -0.4 is 10.1 Å². The zero-order valence-electron chi connectivity index (χ0n) is 12.3. The maximum atomic E-state index is 12.6. The van der Waals surface area contributed by atoms with E-state index in [4.69, 9.17) is 4.74 Å². The number of carbonyl (C=O) groups excluding carboxylic acids is 1. The highest BCUT2D eigenvalue weighted by Crippen LogP contribution is 2.47. The quantitative estimate of drug-likeness (QED) is 0.883. The van der Waals surface area contributed by atoms with Crippen LogP contribution >= 0.6 is 0 Å². The van der Waals surface area contributed by atoms with Crippen molar-refractivity contribution >= 4 is 16.7 Å². The Labute approximate surface area is 127 Å². The van der Waals surface area contributed by atoms with E-state index in [1.165, 1.54) is 0 Å². The molecule has 0 aromatic heterocycles. The number of nitrogens with one attached hydrogen (secondary N) is 1. The van der Waals surface area contributed by atoms with E-state index in [1.807, 2.05) is 29.2 Å². The lowest BCUT2D eigenvalue weighted by molar-refractivity contribution is -0.130. The Bertz CT molecular complexity index is 586. The number of hydrogen-bond acceptors (Lipinski definition) is 4. The molecular formula is C15H20N2O3S. The van der Waals surface area contributed by atoms with Crippen molar-refractivity contribution in [2.24, 2.45) is 0 Å². The Morgan fingerprint density at radius 2 is 2.14 bits per heavy atom. The molecule has 114 valence electrons. The molecule has 1 saturated heterocycles. The highest BCUT2D eigenvalue weighted by Gasteiger charge is 2.59. The van der Waals surface area contributed by atoms with Crippen LogP contribution in [0, 0.1) is 0 Å². The zero-order valence-corrected chi connectivity index (χ0v) is 13.1. The molecule has 2 unspecified atom stereocenters. The van der Waals surface area contributed by atoms with Crippen LogP contribution in [0.15, 0.2) is 24.3 Å². The fourth-order valence-electron chi connectivity index (χ4n) is 2.87. The van der Waals surface area contributed by atoms with Gasteiger partial charge in [-0.1, -0.05) is 18.2 Å². The van der Waals surface area contributed by atoms with E-state index in [9.17, 15) is 9.00 Å². The minimum Gasteiger partial charge on any atom is -0.496 e. The summed E-state index contributed by atoms with van der Waals surface area (Å²) >= 11 is 0. The van der Waals surface area contributed by atoms with Crippen molar-refractivity contribution in [3.63, 3.8) is 0 Å². The SMILES string of the molecule is COc1ccccc1C1NC2(CC2)C(=O)N1CCS(C)=O. The van der Waals surface area contributed by atoms with Crippen LogP contribution in [-0.2, 0) is 15.6 Å². The molecule has 1 amide bonds. The Morgan fingerprint density at radius 3 is 2.76 bits per heavy atom. The van der Waals surface area contributed by atoms with Gasteiger partial charge in [0.2, 0.25) is 5.91 Å². The summed E-state index contributed by atoms with van der Waals surface area (Å²) in [6.45, 7) is 0.499. The summed E-state index contributed by atoms with van der Waals surface area (Å²) in [4.78, 5) is 14.4. The molecule has 2 atom stereocenters. The molecule has 1 spiro atoms. The first-order valence-electron chi connectivity index (χ1n) is 7.09. The molecule has 2 fully saturated rings. The van der Waals surface area contributed by atoms with E-state index >= 15 is 0 Å². The molecule has 2 aliphatic rings. The molecule has 1 aromatic rings. The van der Waals surface area contributed by atoms with Gasteiger partial charge in [0.1, 0.15) is 17.5 Å². The third-order valence-electron chi connectivity index (χ3n) is 4.20. The number of nitrogens with zero attached hydrogens (tertiary/aromatic N) is 1. The predicted octanol–water partition coefficient (Wildman–Crippen LogP) is 1.04. The minimum absolute atomic E-state index is 0.129. The predicted molar refractivity (Wildman–Crippen MR) is 81.5 cm³/mol. The van der Waals surface area contributed by atoms with Crippen LogP contribution in [0.2, 0.25) is 0 Å². The van der Waals surface area contributed by atoms with Gasteiger partial charge in [0.15, 0.2) is 0 Å². The third kappa shape index (κ3) is 2.58. The van der Waals surface area contributed by atoms with Gasteiger partial charge in [-0.05, 0) is 18.9 Å². The number of carbonyl (C=O) groups is 1. The van der Waals surface area contributed by atoms with Crippen molar-refractivity contribution in [3.8, 4) is 5.75 Å². The van der Waals surface area contributed by atoms with E-state index in [0.717, 1.165) is 24.2 Å². The first kappa shape index (κ1) is 14.5. The maximum Gasteiger partial charge on any atom is 0.244 e. The highest BCUT2D eigenvalue weighted by atomic mass is 32.2. The number of benzene rings is 1. The van der Waals surface area contributed by atoms with Crippen LogP contribution in [0.3, 0.4) is 0 Å². The van der Waals surface area contributed by atoms with Gasteiger partial charge in [0.25, 0.3) is 0 Å². The molecule has 1 saturated carbocycles. The molecule has 0 bridgehead atoms. The Kier molecular flexibility index (Phi) is 3.75. The van der Waals surface area contributed by atoms with E-state index < -0.39 is 10.8 Å². The van der Waals surface area contributed by atoms with E-state index in [-0.39, 0.29) is 17.6 Å². The number of hydrogen-bond donors (Lipinski definition) is 1. The van der Waals surface area contributed by atoms with Crippen LogP contribution in [-0.4, -0.2) is 46.2 Å². The van der Waals surface area contributed by atoms with E-state index in [1.54, 1.807) is 13.4 Å². The maximum absolute atomic E-state index is 12.6. The van der Waals surface area contributed by atoms with Crippen LogP contribution in [0.4, 0.5) is 0 Å². The Morgan fingerprint density at radius 1 is 1.43 bits per heavy atom. The summed E-state index contributed by atoms with van der Waals surface area (Å²) in [7, 11) is 0.721. The van der Waals surface area contributed by atoms with Crippen LogP contribution in [0.1, 0.15) is 24.6 Å². The van der Waals surface area contributed by atoms with Gasteiger partial charge in [-0.15, -0.1) is 0 Å². The molecular weight excluding hydrogens is 288 g/mol. The molecule has 1 aliphatic heterocycles. The minimum atomic E-state index is -0.912. The first-order chi connectivity index (χ1) is 10.1. The van der Waals surface area contributed by atoms with Gasteiger partial charge in [0.05, 0.1) is 7.11 Å². The fraction of sp³-hybridized carbons (Fsp3) is 0.533. The number of para-hydroxylation sites is 1. The van der Waals surface area contributed by atoms with Crippen LogP contribution in [0.5, 0.6) is 5.75 Å². The second-order valence-corrected chi connectivity index (χ2v) is 7.20. The van der Waals surface area contributed by atoms with Crippen molar-refractivity contribution < 1.29 is 13.7 Å². The van der Waals surface area contributed by atoms with E-state index in [0.29, 0.717) is 12.3 Å². The normalized spacial score (nSPS) is 24.4. The van der Waals surface area contributed by atoms with Crippen LogP contribution in [0.25, 0.3) is 0 Å². The molecule has 6 heteroatoms. The first-order valence-corrected chi connectivity index (χ1v) is 8.82. The largest absolute Gasteiger partial charge is 0.496 e. The third-order valence-corrected chi connectivity index (χ3v) is 4.96. The van der Waals surface area contributed by atoms with Crippen molar-refractivity contribution in [1.29, 1.82) is 0 Å². The van der Waals surface area contributed by atoms with Gasteiger partial charge in [-0.2, -0.15) is 0 Å². The van der Waals surface area contributed by atoms with Gasteiger partial charge < -0.3 is 9.64 Å². The van der Waals surface area contributed by atoms with Crippen molar-refractivity contribution in [1.82, 2.24) is 10.2 Å². The zero-order chi connectivity index (χ0) is 15.0. The molecule has 5 nitrogen and oxygen atoms in total. The lowest BCUT2D eigenvalue weighted by Crippen LogP contribution is -2.34. The standard InChI is InChI=1S/C15H20N2O3S/c1-20-12-6-4-3-5-11(12)13-16-15(7-8-15)14(18)17(13)9-10-21(2)19/h3-6,13,16H,7-10H2,1-2H3. The second kappa shape index (κ2) is 5.42. The molecule has 21 heavy (non-hydrogen) atoms. The molecule has 1 heterocycles. The number of ether oxygens (including phenoxy) is 1. The number of amides is 1. The van der Waals surface area contributed by atoms with E-state index in [2.05, 4.69) is 5.32 Å². The number of rotatable bonds is 5. The summed E-state index contributed by atoms with van der Waals surface area (Å²) in [5, 5.41) is 3.45. The lowest BCUT2D eigenvalue weighted by Gasteiger charge is -2.25. The second-order valence-electron chi connectivity index (χ2n) is 5.65. The van der Waals surface area contributed by atoms with Gasteiger partial charge in [-0.3, -0.25) is 14.3 Å². The Hall–Kier alpha value is -1.40. The smallest absolute Gasteiger partial charge is 0.244 e. The van der Waals surface area contributed by atoms with Gasteiger partial charge in [0, 0.05) is 34.9 Å². The summed E-state index contributed by atoms with van der Waals surface area (Å²) in [6, 6.07) is 7.73. The topological polar surface area (TPSA) is 58.6 Å². The monoisotopic (exact) mass is 308 g/mol. The molecule has 1 aliphatic carbocycles. The van der Waals surface area contributed by atoms with Crippen molar-refractivity contribution in [2.75, 3.05) is 25.7 Å². The average Bonchev–Trinajstić information content (AvgIpc) is 3.20. The summed E-state index contributed by atoms with van der Waals surface area (Å²) < 4.78 is 16.8. The lowest BCUT2D eigenvalue weighted by atomic mass is 10.1. The molecule has 1 aromatic carbocycles. The summed E-state index contributed by atoms with van der Waals surface area (Å²) in [5.74, 6) is 1.39. The number of methoxy groups -OCH3 is 1. The van der Waals surface area contributed by atoms with Gasteiger partial charge in [-0.25, -0.2) is 0 Å².